The highest BCUT2D eigenvalue weighted by atomic mass is 32.1. The van der Waals surface area contributed by atoms with Crippen molar-refractivity contribution in [2.24, 2.45) is 11.8 Å². The highest BCUT2D eigenvalue weighted by Gasteiger charge is 2.21. The SMILES string of the molecule is CC(C)C(C#N)C(=O)Nc1nccs1. The van der Waals surface area contributed by atoms with Crippen molar-refractivity contribution in [3.63, 3.8) is 0 Å². The standard InChI is InChI=1S/C9H11N3OS/c1-6(2)7(5-10)8(13)12-9-11-3-4-14-9/h3-4,6-7H,1-2H3,(H,11,12,13). The van der Waals surface area contributed by atoms with E-state index < -0.39 is 5.92 Å². The zero-order valence-electron chi connectivity index (χ0n) is 8.02. The third-order valence-corrected chi connectivity index (χ3v) is 2.44. The van der Waals surface area contributed by atoms with Crippen molar-refractivity contribution in [1.29, 1.82) is 5.26 Å². The maximum absolute atomic E-state index is 11.5. The van der Waals surface area contributed by atoms with Crippen LogP contribution >= 0.6 is 11.3 Å². The molecule has 1 amide bonds. The zero-order valence-corrected chi connectivity index (χ0v) is 8.84. The Bertz CT molecular complexity index is 339. The van der Waals surface area contributed by atoms with Crippen LogP contribution in [-0.2, 0) is 4.79 Å². The number of nitrogens with one attached hydrogen (secondary N) is 1. The second-order valence-corrected chi connectivity index (χ2v) is 4.07. The first-order valence-electron chi connectivity index (χ1n) is 4.25. The van der Waals surface area contributed by atoms with Gasteiger partial charge in [-0.05, 0) is 5.92 Å². The van der Waals surface area contributed by atoms with E-state index in [-0.39, 0.29) is 11.8 Å². The minimum atomic E-state index is -0.612. The molecular formula is C9H11N3OS. The van der Waals surface area contributed by atoms with Gasteiger partial charge in [-0.2, -0.15) is 5.26 Å². The molecule has 1 atom stereocenters. The minimum absolute atomic E-state index is 0.0139. The van der Waals surface area contributed by atoms with E-state index in [2.05, 4.69) is 10.3 Å². The highest BCUT2D eigenvalue weighted by Crippen LogP contribution is 2.15. The smallest absolute Gasteiger partial charge is 0.243 e. The number of carbonyl (C=O) groups is 1. The summed E-state index contributed by atoms with van der Waals surface area (Å²) < 4.78 is 0. The predicted molar refractivity (Wildman–Crippen MR) is 54.7 cm³/mol. The fraction of sp³-hybridized carbons (Fsp3) is 0.444. The molecule has 0 spiro atoms. The Morgan fingerprint density at radius 1 is 1.71 bits per heavy atom. The van der Waals surface area contributed by atoms with Crippen molar-refractivity contribution in [3.05, 3.63) is 11.6 Å². The molecule has 1 rings (SSSR count). The van der Waals surface area contributed by atoms with E-state index in [1.165, 1.54) is 11.3 Å². The summed E-state index contributed by atoms with van der Waals surface area (Å²) in [6.07, 6.45) is 1.61. The second kappa shape index (κ2) is 4.72. The van der Waals surface area contributed by atoms with Crippen molar-refractivity contribution in [2.45, 2.75) is 13.8 Å². The Kier molecular flexibility index (Phi) is 3.60. The lowest BCUT2D eigenvalue weighted by molar-refractivity contribution is -0.119. The Hall–Kier alpha value is -1.41. The van der Waals surface area contributed by atoms with Gasteiger partial charge in [-0.3, -0.25) is 4.79 Å². The van der Waals surface area contributed by atoms with E-state index in [0.717, 1.165) is 0 Å². The van der Waals surface area contributed by atoms with Gasteiger partial charge in [-0.25, -0.2) is 4.98 Å². The Morgan fingerprint density at radius 3 is 2.86 bits per heavy atom. The van der Waals surface area contributed by atoms with Gasteiger partial charge >= 0.3 is 0 Å². The van der Waals surface area contributed by atoms with E-state index in [9.17, 15) is 4.79 Å². The van der Waals surface area contributed by atoms with Crippen molar-refractivity contribution in [1.82, 2.24) is 4.98 Å². The molecule has 1 aromatic heterocycles. The lowest BCUT2D eigenvalue weighted by atomic mass is 9.97. The number of aromatic nitrogens is 1. The van der Waals surface area contributed by atoms with E-state index in [1.54, 1.807) is 11.6 Å². The molecule has 1 heterocycles. The minimum Gasteiger partial charge on any atom is -0.301 e. The van der Waals surface area contributed by atoms with Gasteiger partial charge in [0, 0.05) is 11.6 Å². The largest absolute Gasteiger partial charge is 0.301 e. The summed E-state index contributed by atoms with van der Waals surface area (Å²) in [5.74, 6) is -0.878. The normalized spacial score (nSPS) is 12.1. The molecule has 0 radical (unpaired) electrons. The molecule has 0 saturated carbocycles. The van der Waals surface area contributed by atoms with Crippen LogP contribution in [0.5, 0.6) is 0 Å². The van der Waals surface area contributed by atoms with Crippen molar-refractivity contribution < 1.29 is 4.79 Å². The van der Waals surface area contributed by atoms with Gasteiger partial charge in [0.05, 0.1) is 6.07 Å². The molecule has 1 unspecified atom stereocenters. The quantitative estimate of drug-likeness (QED) is 0.826. The molecule has 1 aromatic rings. The summed E-state index contributed by atoms with van der Waals surface area (Å²) >= 11 is 1.34. The first-order chi connectivity index (χ1) is 6.65. The summed E-state index contributed by atoms with van der Waals surface area (Å²) in [4.78, 5) is 15.4. The van der Waals surface area contributed by atoms with Crippen LogP contribution < -0.4 is 5.32 Å². The van der Waals surface area contributed by atoms with Crippen molar-refractivity contribution in [2.75, 3.05) is 5.32 Å². The molecule has 0 aliphatic carbocycles. The predicted octanol–water partition coefficient (Wildman–Crippen LogP) is 1.88. The number of thiazole rings is 1. The lowest BCUT2D eigenvalue weighted by Crippen LogP contribution is -2.25. The summed E-state index contributed by atoms with van der Waals surface area (Å²) in [6.45, 7) is 3.69. The molecule has 0 aliphatic heterocycles. The zero-order chi connectivity index (χ0) is 10.6. The van der Waals surface area contributed by atoms with Gasteiger partial charge in [0.25, 0.3) is 0 Å². The Morgan fingerprint density at radius 2 is 2.43 bits per heavy atom. The first kappa shape index (κ1) is 10.7. The molecule has 1 N–H and O–H groups in total. The van der Waals surface area contributed by atoms with Crippen LogP contribution in [0.2, 0.25) is 0 Å². The van der Waals surface area contributed by atoms with E-state index >= 15 is 0 Å². The summed E-state index contributed by atoms with van der Waals surface area (Å²) in [7, 11) is 0. The van der Waals surface area contributed by atoms with E-state index in [1.807, 2.05) is 19.9 Å². The third kappa shape index (κ3) is 2.54. The molecule has 0 aromatic carbocycles. The topological polar surface area (TPSA) is 65.8 Å². The van der Waals surface area contributed by atoms with E-state index in [0.29, 0.717) is 5.13 Å². The number of nitrogens with zero attached hydrogens (tertiary/aromatic N) is 2. The molecule has 0 aliphatic rings. The molecule has 0 bridgehead atoms. The van der Waals surface area contributed by atoms with Gasteiger partial charge in [0.2, 0.25) is 5.91 Å². The lowest BCUT2D eigenvalue weighted by Gasteiger charge is -2.10. The molecule has 0 fully saturated rings. The fourth-order valence-electron chi connectivity index (χ4n) is 0.979. The molecule has 14 heavy (non-hydrogen) atoms. The monoisotopic (exact) mass is 209 g/mol. The third-order valence-electron chi connectivity index (χ3n) is 1.75. The summed E-state index contributed by atoms with van der Waals surface area (Å²) in [5, 5.41) is 13.7. The van der Waals surface area contributed by atoms with Gasteiger partial charge in [-0.15, -0.1) is 11.3 Å². The van der Waals surface area contributed by atoms with Gasteiger partial charge < -0.3 is 5.32 Å². The van der Waals surface area contributed by atoms with Crippen LogP contribution in [0, 0.1) is 23.2 Å². The summed E-state index contributed by atoms with van der Waals surface area (Å²) in [6, 6.07) is 1.98. The molecule has 74 valence electrons. The van der Waals surface area contributed by atoms with Gasteiger partial charge in [-0.1, -0.05) is 13.8 Å². The number of rotatable bonds is 3. The Balaban J connectivity index is 2.62. The number of hydrogen-bond acceptors (Lipinski definition) is 4. The van der Waals surface area contributed by atoms with Crippen molar-refractivity contribution >= 4 is 22.4 Å². The molecular weight excluding hydrogens is 198 g/mol. The molecule has 5 heteroatoms. The number of anilines is 1. The molecule has 4 nitrogen and oxygen atoms in total. The summed E-state index contributed by atoms with van der Waals surface area (Å²) in [5.41, 5.74) is 0. The van der Waals surface area contributed by atoms with Crippen LogP contribution in [0.4, 0.5) is 5.13 Å². The van der Waals surface area contributed by atoms with Crippen LogP contribution in [0.15, 0.2) is 11.6 Å². The van der Waals surface area contributed by atoms with Crippen LogP contribution in [0.1, 0.15) is 13.8 Å². The number of carbonyl (C=O) groups excluding carboxylic acids is 1. The molecule has 0 saturated heterocycles. The highest BCUT2D eigenvalue weighted by molar-refractivity contribution is 7.13. The first-order valence-corrected chi connectivity index (χ1v) is 5.13. The fourth-order valence-corrected chi connectivity index (χ4v) is 1.51. The maximum Gasteiger partial charge on any atom is 0.243 e. The number of nitriles is 1. The number of amides is 1. The average molecular weight is 209 g/mol. The second-order valence-electron chi connectivity index (χ2n) is 3.18. The van der Waals surface area contributed by atoms with Gasteiger partial charge in [0.15, 0.2) is 5.13 Å². The van der Waals surface area contributed by atoms with Crippen LogP contribution in [-0.4, -0.2) is 10.9 Å². The van der Waals surface area contributed by atoms with Crippen LogP contribution in [0.3, 0.4) is 0 Å². The van der Waals surface area contributed by atoms with Crippen LogP contribution in [0.25, 0.3) is 0 Å². The van der Waals surface area contributed by atoms with Gasteiger partial charge in [0.1, 0.15) is 5.92 Å². The average Bonchev–Trinajstić information content (AvgIpc) is 2.57. The number of hydrogen-bond donors (Lipinski definition) is 1. The van der Waals surface area contributed by atoms with E-state index in [4.69, 9.17) is 5.26 Å². The maximum atomic E-state index is 11.5. The van der Waals surface area contributed by atoms with Crippen molar-refractivity contribution in [3.8, 4) is 6.07 Å². The Labute approximate surface area is 86.6 Å².